The van der Waals surface area contributed by atoms with Gasteiger partial charge in [-0.3, -0.25) is 0 Å². The summed E-state index contributed by atoms with van der Waals surface area (Å²) in [5.41, 5.74) is 7.13. The predicted molar refractivity (Wildman–Crippen MR) is 51.8 cm³/mol. The van der Waals surface area contributed by atoms with Crippen LogP contribution in [0.25, 0.3) is 0 Å². The lowest BCUT2D eigenvalue weighted by Gasteiger charge is -2.63. The van der Waals surface area contributed by atoms with E-state index in [1.54, 1.807) is 0 Å². The molecule has 0 spiro atoms. The van der Waals surface area contributed by atoms with E-state index in [0.717, 1.165) is 11.8 Å². The highest BCUT2D eigenvalue weighted by atomic mass is 14.8. The van der Waals surface area contributed by atoms with E-state index >= 15 is 0 Å². The molecule has 2 N–H and O–H groups in total. The standard InChI is InChI=1S/C11H21N/c1-8(2)10-4-9(3)5-11(12,6-10)7-10/h8-9H,4-7,12H2,1-3H3/t9-,10?,11?/m1/s1. The van der Waals surface area contributed by atoms with Crippen molar-refractivity contribution in [2.45, 2.75) is 52.0 Å². The summed E-state index contributed by atoms with van der Waals surface area (Å²) in [4.78, 5) is 0. The molecule has 12 heavy (non-hydrogen) atoms. The van der Waals surface area contributed by atoms with Gasteiger partial charge in [0.05, 0.1) is 0 Å². The number of hydrogen-bond donors (Lipinski definition) is 1. The third-order valence-electron chi connectivity index (χ3n) is 4.14. The Morgan fingerprint density at radius 1 is 1.25 bits per heavy atom. The molecule has 3 fully saturated rings. The molecule has 0 aromatic heterocycles. The molecule has 3 saturated carbocycles. The maximum absolute atomic E-state index is 6.26. The fourth-order valence-electron chi connectivity index (χ4n) is 3.74. The van der Waals surface area contributed by atoms with E-state index in [4.69, 9.17) is 5.73 Å². The van der Waals surface area contributed by atoms with Gasteiger partial charge in [-0.2, -0.15) is 0 Å². The summed E-state index contributed by atoms with van der Waals surface area (Å²) in [5, 5.41) is 0. The molecule has 0 unspecified atom stereocenters. The summed E-state index contributed by atoms with van der Waals surface area (Å²) >= 11 is 0. The van der Waals surface area contributed by atoms with Gasteiger partial charge >= 0.3 is 0 Å². The molecule has 3 aliphatic rings. The van der Waals surface area contributed by atoms with Crippen LogP contribution in [0.5, 0.6) is 0 Å². The first-order valence-electron chi connectivity index (χ1n) is 5.25. The van der Waals surface area contributed by atoms with Crippen LogP contribution in [0.2, 0.25) is 0 Å². The van der Waals surface area contributed by atoms with Crippen LogP contribution in [0.4, 0.5) is 0 Å². The zero-order chi connectivity index (χ0) is 8.98. The topological polar surface area (TPSA) is 26.0 Å². The summed E-state index contributed by atoms with van der Waals surface area (Å²) in [6, 6.07) is 0. The van der Waals surface area contributed by atoms with Gasteiger partial charge in [0, 0.05) is 5.54 Å². The van der Waals surface area contributed by atoms with E-state index in [1.807, 2.05) is 0 Å². The molecule has 0 amide bonds. The molecular formula is C11H21N. The summed E-state index contributed by atoms with van der Waals surface area (Å²) in [7, 11) is 0. The lowest BCUT2D eigenvalue weighted by Crippen LogP contribution is -2.64. The van der Waals surface area contributed by atoms with Gasteiger partial charge in [-0.15, -0.1) is 0 Å². The van der Waals surface area contributed by atoms with Gasteiger partial charge in [0.2, 0.25) is 0 Å². The molecule has 0 aliphatic heterocycles. The minimum absolute atomic E-state index is 0.238. The van der Waals surface area contributed by atoms with Crippen LogP contribution < -0.4 is 5.73 Å². The average molecular weight is 167 g/mol. The molecule has 0 aromatic carbocycles. The molecule has 1 nitrogen and oxygen atoms in total. The van der Waals surface area contributed by atoms with Crippen molar-refractivity contribution in [3.05, 3.63) is 0 Å². The fourth-order valence-corrected chi connectivity index (χ4v) is 3.74. The van der Waals surface area contributed by atoms with E-state index in [1.165, 1.54) is 25.7 Å². The van der Waals surface area contributed by atoms with Crippen LogP contribution in [0.3, 0.4) is 0 Å². The Balaban J connectivity index is 2.14. The normalized spacial score (nSPS) is 52.2. The number of nitrogens with two attached hydrogens (primary N) is 1. The van der Waals surface area contributed by atoms with Crippen molar-refractivity contribution in [2.24, 2.45) is 23.0 Å². The SMILES string of the molecule is CC(C)C12C[C@@H](C)CC(N)(C1)C2. The van der Waals surface area contributed by atoms with Gasteiger partial charge in [-0.1, -0.05) is 20.8 Å². The fraction of sp³-hybridized carbons (Fsp3) is 1.00. The Labute approximate surface area is 75.7 Å². The second kappa shape index (κ2) is 2.25. The Kier molecular flexibility index (Phi) is 1.61. The lowest BCUT2D eigenvalue weighted by molar-refractivity contribution is -0.0881. The highest BCUT2D eigenvalue weighted by molar-refractivity contribution is 5.13. The van der Waals surface area contributed by atoms with Crippen molar-refractivity contribution in [1.29, 1.82) is 0 Å². The third-order valence-corrected chi connectivity index (χ3v) is 4.14. The van der Waals surface area contributed by atoms with Gasteiger partial charge in [0.15, 0.2) is 0 Å². The van der Waals surface area contributed by atoms with E-state index in [0.29, 0.717) is 5.41 Å². The van der Waals surface area contributed by atoms with Crippen LogP contribution in [0, 0.1) is 17.3 Å². The first-order valence-corrected chi connectivity index (χ1v) is 5.25. The average Bonchev–Trinajstić information content (AvgIpc) is 1.81. The molecule has 0 aromatic rings. The van der Waals surface area contributed by atoms with Crippen molar-refractivity contribution in [3.8, 4) is 0 Å². The molecule has 1 heteroatoms. The van der Waals surface area contributed by atoms with Crippen molar-refractivity contribution in [2.75, 3.05) is 0 Å². The van der Waals surface area contributed by atoms with Crippen molar-refractivity contribution >= 4 is 0 Å². The largest absolute Gasteiger partial charge is 0.325 e. The number of hydrogen-bond acceptors (Lipinski definition) is 1. The minimum Gasteiger partial charge on any atom is -0.325 e. The molecule has 0 radical (unpaired) electrons. The molecule has 2 bridgehead atoms. The van der Waals surface area contributed by atoms with Crippen LogP contribution in [-0.2, 0) is 0 Å². The van der Waals surface area contributed by atoms with Crippen molar-refractivity contribution in [3.63, 3.8) is 0 Å². The Morgan fingerprint density at radius 2 is 1.83 bits per heavy atom. The molecule has 3 aliphatic carbocycles. The number of rotatable bonds is 1. The Morgan fingerprint density at radius 3 is 2.25 bits per heavy atom. The van der Waals surface area contributed by atoms with Crippen LogP contribution >= 0.6 is 0 Å². The summed E-state index contributed by atoms with van der Waals surface area (Å²) in [6.07, 6.45) is 5.27. The lowest BCUT2D eigenvalue weighted by atomic mass is 9.44. The van der Waals surface area contributed by atoms with Gasteiger partial charge in [0.1, 0.15) is 0 Å². The summed E-state index contributed by atoms with van der Waals surface area (Å²) in [6.45, 7) is 7.08. The second-order valence-electron chi connectivity index (χ2n) is 5.75. The van der Waals surface area contributed by atoms with Crippen molar-refractivity contribution in [1.82, 2.24) is 0 Å². The third kappa shape index (κ3) is 1.02. The van der Waals surface area contributed by atoms with Gasteiger partial charge in [-0.05, 0) is 42.9 Å². The van der Waals surface area contributed by atoms with Gasteiger partial charge in [0.25, 0.3) is 0 Å². The predicted octanol–water partition coefficient (Wildman–Crippen LogP) is 2.55. The van der Waals surface area contributed by atoms with Crippen molar-refractivity contribution < 1.29 is 0 Å². The molecule has 1 atom stereocenters. The maximum atomic E-state index is 6.26. The highest BCUT2D eigenvalue weighted by Crippen LogP contribution is 2.62. The van der Waals surface area contributed by atoms with Crippen LogP contribution in [0.15, 0.2) is 0 Å². The highest BCUT2D eigenvalue weighted by Gasteiger charge is 2.57. The summed E-state index contributed by atoms with van der Waals surface area (Å²) < 4.78 is 0. The molecular weight excluding hydrogens is 146 g/mol. The zero-order valence-corrected chi connectivity index (χ0v) is 8.56. The zero-order valence-electron chi connectivity index (χ0n) is 8.56. The molecule has 0 heterocycles. The quantitative estimate of drug-likeness (QED) is 0.638. The van der Waals surface area contributed by atoms with E-state index < -0.39 is 0 Å². The molecule has 3 rings (SSSR count). The monoisotopic (exact) mass is 167 g/mol. The number of fused-ring (bicyclic) bond motifs is 2. The van der Waals surface area contributed by atoms with E-state index in [9.17, 15) is 0 Å². The molecule has 0 saturated heterocycles. The minimum atomic E-state index is 0.238. The molecule has 70 valence electrons. The van der Waals surface area contributed by atoms with Gasteiger partial charge in [-0.25, -0.2) is 0 Å². The summed E-state index contributed by atoms with van der Waals surface area (Å²) in [5.74, 6) is 1.69. The Hall–Kier alpha value is -0.0400. The first-order chi connectivity index (χ1) is 5.46. The van der Waals surface area contributed by atoms with E-state index in [-0.39, 0.29) is 5.54 Å². The van der Waals surface area contributed by atoms with Crippen LogP contribution in [0.1, 0.15) is 46.5 Å². The van der Waals surface area contributed by atoms with E-state index in [2.05, 4.69) is 20.8 Å². The smallest absolute Gasteiger partial charge is 0.0167 e. The maximum Gasteiger partial charge on any atom is 0.0167 e. The van der Waals surface area contributed by atoms with Gasteiger partial charge < -0.3 is 5.73 Å². The first kappa shape index (κ1) is 8.55. The Bertz CT molecular complexity index is 184. The van der Waals surface area contributed by atoms with Crippen LogP contribution in [-0.4, -0.2) is 5.54 Å². The second-order valence-corrected chi connectivity index (χ2v) is 5.75.